The van der Waals surface area contributed by atoms with E-state index in [-0.39, 0.29) is 0 Å². The molecule has 2 nitrogen and oxygen atoms in total. The summed E-state index contributed by atoms with van der Waals surface area (Å²) >= 11 is 0. The molecule has 0 amide bonds. The van der Waals surface area contributed by atoms with Crippen LogP contribution >= 0.6 is 0 Å². The Kier molecular flexibility index (Phi) is 11.8. The van der Waals surface area contributed by atoms with Gasteiger partial charge in [-0.1, -0.05) is 44.5 Å². The minimum atomic E-state index is 0.491. The third-order valence-electron chi connectivity index (χ3n) is 3.67. The number of likely N-dealkylation sites (N-methyl/N-ethyl adjacent to an activating group) is 1. The molecule has 22 heavy (non-hydrogen) atoms. The predicted molar refractivity (Wildman–Crippen MR) is 98.7 cm³/mol. The Hall–Kier alpha value is -1.12. The minimum absolute atomic E-state index is 0.491. The standard InChI is InChI=1S/C14H23N.C6H12O/c1-5-7-13-9-6-8-12(2)14(13)10-11-15(3)4;1-4-6(2)5-7-3/h6,8-9H,5,7,10-11H2,1-4H3;4,6H,1,5H2,2-3H3. The van der Waals surface area contributed by atoms with E-state index in [9.17, 15) is 0 Å². The van der Waals surface area contributed by atoms with Crippen LogP contribution in [-0.2, 0) is 17.6 Å². The summed E-state index contributed by atoms with van der Waals surface area (Å²) in [5, 5.41) is 0. The van der Waals surface area contributed by atoms with Crippen molar-refractivity contribution in [3.63, 3.8) is 0 Å². The maximum Gasteiger partial charge on any atom is 0.0522 e. The van der Waals surface area contributed by atoms with Gasteiger partial charge in [-0.2, -0.15) is 0 Å². The van der Waals surface area contributed by atoms with Gasteiger partial charge in [0.15, 0.2) is 0 Å². The lowest BCUT2D eigenvalue weighted by molar-refractivity contribution is 0.176. The quantitative estimate of drug-likeness (QED) is 0.655. The number of hydrogen-bond donors (Lipinski definition) is 0. The van der Waals surface area contributed by atoms with Crippen molar-refractivity contribution in [2.75, 3.05) is 34.4 Å². The largest absolute Gasteiger partial charge is 0.384 e. The number of rotatable bonds is 8. The van der Waals surface area contributed by atoms with Gasteiger partial charge in [0, 0.05) is 13.7 Å². The molecule has 1 aromatic carbocycles. The lowest BCUT2D eigenvalue weighted by Crippen LogP contribution is -2.16. The van der Waals surface area contributed by atoms with E-state index >= 15 is 0 Å². The van der Waals surface area contributed by atoms with E-state index in [0.717, 1.165) is 13.2 Å². The number of methoxy groups -OCH3 is 1. The molecule has 1 aromatic rings. The Morgan fingerprint density at radius 1 is 1.27 bits per heavy atom. The van der Waals surface area contributed by atoms with Gasteiger partial charge in [0.1, 0.15) is 0 Å². The van der Waals surface area contributed by atoms with Crippen molar-refractivity contribution in [1.82, 2.24) is 4.90 Å². The zero-order valence-electron chi connectivity index (χ0n) is 15.5. The summed E-state index contributed by atoms with van der Waals surface area (Å²) < 4.78 is 4.82. The maximum absolute atomic E-state index is 4.82. The fourth-order valence-corrected chi connectivity index (χ4v) is 2.29. The number of hydrogen-bond acceptors (Lipinski definition) is 2. The summed E-state index contributed by atoms with van der Waals surface area (Å²) in [6.45, 7) is 12.1. The molecule has 0 bridgehead atoms. The third-order valence-corrected chi connectivity index (χ3v) is 3.67. The van der Waals surface area contributed by atoms with E-state index in [2.05, 4.69) is 64.5 Å². The molecular formula is C20H35NO. The van der Waals surface area contributed by atoms with Crippen molar-refractivity contribution in [2.45, 2.75) is 40.0 Å². The Morgan fingerprint density at radius 3 is 2.41 bits per heavy atom. The van der Waals surface area contributed by atoms with Crippen LogP contribution in [-0.4, -0.2) is 39.3 Å². The fourth-order valence-electron chi connectivity index (χ4n) is 2.29. The van der Waals surface area contributed by atoms with E-state index in [0.29, 0.717) is 5.92 Å². The van der Waals surface area contributed by atoms with Crippen LogP contribution in [0.5, 0.6) is 0 Å². The van der Waals surface area contributed by atoms with Crippen LogP contribution in [0.4, 0.5) is 0 Å². The molecule has 0 aliphatic heterocycles. The normalized spacial score (nSPS) is 11.8. The van der Waals surface area contributed by atoms with Crippen LogP contribution in [0.3, 0.4) is 0 Å². The molecule has 1 unspecified atom stereocenters. The summed E-state index contributed by atoms with van der Waals surface area (Å²) in [7, 11) is 5.97. The molecule has 0 saturated heterocycles. The van der Waals surface area contributed by atoms with Gasteiger partial charge >= 0.3 is 0 Å². The highest BCUT2D eigenvalue weighted by Crippen LogP contribution is 2.16. The van der Waals surface area contributed by atoms with Crippen LogP contribution in [0, 0.1) is 12.8 Å². The fraction of sp³-hybridized carbons (Fsp3) is 0.600. The van der Waals surface area contributed by atoms with Crippen molar-refractivity contribution in [3.05, 3.63) is 47.5 Å². The highest BCUT2D eigenvalue weighted by Gasteiger charge is 2.05. The van der Waals surface area contributed by atoms with Crippen molar-refractivity contribution in [3.8, 4) is 0 Å². The summed E-state index contributed by atoms with van der Waals surface area (Å²) in [6, 6.07) is 6.69. The van der Waals surface area contributed by atoms with Gasteiger partial charge in [-0.15, -0.1) is 6.58 Å². The molecule has 0 radical (unpaired) electrons. The van der Waals surface area contributed by atoms with Gasteiger partial charge in [-0.3, -0.25) is 0 Å². The highest BCUT2D eigenvalue weighted by atomic mass is 16.5. The zero-order valence-corrected chi connectivity index (χ0v) is 15.5. The molecule has 0 saturated carbocycles. The van der Waals surface area contributed by atoms with Crippen LogP contribution in [0.25, 0.3) is 0 Å². The summed E-state index contributed by atoms with van der Waals surface area (Å²) in [5.41, 5.74) is 4.55. The molecule has 0 aliphatic carbocycles. The molecule has 2 heteroatoms. The monoisotopic (exact) mass is 305 g/mol. The topological polar surface area (TPSA) is 12.5 Å². The van der Waals surface area contributed by atoms with Crippen LogP contribution in [0.1, 0.15) is 37.0 Å². The number of nitrogens with zero attached hydrogens (tertiary/aromatic N) is 1. The van der Waals surface area contributed by atoms with Gasteiger partial charge in [0.25, 0.3) is 0 Å². The second kappa shape index (κ2) is 12.4. The second-order valence-corrected chi connectivity index (χ2v) is 6.18. The zero-order chi connectivity index (χ0) is 17.0. The summed E-state index contributed by atoms with van der Waals surface area (Å²) in [4.78, 5) is 2.25. The second-order valence-electron chi connectivity index (χ2n) is 6.18. The first-order valence-corrected chi connectivity index (χ1v) is 8.29. The molecule has 0 N–H and O–H groups in total. The first-order chi connectivity index (χ1) is 10.5. The van der Waals surface area contributed by atoms with Crippen molar-refractivity contribution in [2.24, 2.45) is 5.92 Å². The van der Waals surface area contributed by atoms with Gasteiger partial charge in [-0.25, -0.2) is 0 Å². The first kappa shape index (κ1) is 20.9. The summed E-state index contributed by atoms with van der Waals surface area (Å²) in [5.74, 6) is 0.491. The van der Waals surface area contributed by atoms with E-state index < -0.39 is 0 Å². The van der Waals surface area contributed by atoms with Gasteiger partial charge < -0.3 is 9.64 Å². The molecule has 0 aromatic heterocycles. The highest BCUT2D eigenvalue weighted by molar-refractivity contribution is 5.34. The Labute approximate surface area is 138 Å². The SMILES string of the molecule is C=CC(C)COC.CCCc1cccc(C)c1CCN(C)C. The van der Waals surface area contributed by atoms with Crippen molar-refractivity contribution < 1.29 is 4.74 Å². The molecule has 0 aliphatic rings. The van der Waals surface area contributed by atoms with Crippen LogP contribution in [0.2, 0.25) is 0 Å². The van der Waals surface area contributed by atoms with E-state index in [1.807, 2.05) is 6.08 Å². The van der Waals surface area contributed by atoms with Gasteiger partial charge in [0.05, 0.1) is 6.61 Å². The Balaban J connectivity index is 0.000000534. The molecule has 126 valence electrons. The van der Waals surface area contributed by atoms with E-state index in [1.165, 1.54) is 24.8 Å². The Bertz CT molecular complexity index is 412. The minimum Gasteiger partial charge on any atom is -0.384 e. The number of ether oxygens (including phenoxy) is 1. The Morgan fingerprint density at radius 2 is 1.95 bits per heavy atom. The van der Waals surface area contributed by atoms with E-state index in [1.54, 1.807) is 18.2 Å². The average molecular weight is 306 g/mol. The molecule has 0 heterocycles. The van der Waals surface area contributed by atoms with E-state index in [4.69, 9.17) is 4.74 Å². The van der Waals surface area contributed by atoms with Gasteiger partial charge in [0.2, 0.25) is 0 Å². The molecule has 0 fully saturated rings. The maximum atomic E-state index is 4.82. The summed E-state index contributed by atoms with van der Waals surface area (Å²) in [6.07, 6.45) is 5.50. The average Bonchev–Trinajstić information content (AvgIpc) is 2.47. The smallest absolute Gasteiger partial charge is 0.0522 e. The number of benzene rings is 1. The van der Waals surface area contributed by atoms with Crippen LogP contribution in [0.15, 0.2) is 30.9 Å². The lowest BCUT2D eigenvalue weighted by Gasteiger charge is -2.15. The number of aryl methyl sites for hydroxylation is 2. The van der Waals surface area contributed by atoms with Gasteiger partial charge in [-0.05, 0) is 56.5 Å². The first-order valence-electron chi connectivity index (χ1n) is 8.29. The third kappa shape index (κ3) is 9.01. The molecule has 0 spiro atoms. The molecule has 1 atom stereocenters. The van der Waals surface area contributed by atoms with Crippen molar-refractivity contribution in [1.29, 1.82) is 0 Å². The lowest BCUT2D eigenvalue weighted by atomic mass is 9.96. The predicted octanol–water partition coefficient (Wildman–Crippen LogP) is 4.51. The van der Waals surface area contributed by atoms with Crippen LogP contribution < -0.4 is 0 Å². The molecular weight excluding hydrogens is 270 g/mol. The van der Waals surface area contributed by atoms with Crippen molar-refractivity contribution >= 4 is 0 Å². The molecule has 1 rings (SSSR count).